The van der Waals surface area contributed by atoms with Gasteiger partial charge in [0.15, 0.2) is 11.6 Å². The summed E-state index contributed by atoms with van der Waals surface area (Å²) in [5.41, 5.74) is 0.790. The molecule has 1 aliphatic rings. The van der Waals surface area contributed by atoms with Crippen molar-refractivity contribution in [3.05, 3.63) is 24.0 Å². The van der Waals surface area contributed by atoms with E-state index in [1.54, 1.807) is 13.2 Å². The Morgan fingerprint density at radius 1 is 1.31 bits per heavy atom. The van der Waals surface area contributed by atoms with Crippen LogP contribution in [0.2, 0.25) is 0 Å². The van der Waals surface area contributed by atoms with Crippen LogP contribution in [0.1, 0.15) is 12.8 Å². The third-order valence-corrected chi connectivity index (χ3v) is 2.95. The Labute approximate surface area is 94.6 Å². The quantitative estimate of drug-likeness (QED) is 0.853. The van der Waals surface area contributed by atoms with Crippen molar-refractivity contribution in [1.82, 2.24) is 0 Å². The average Bonchev–Trinajstić information content (AvgIpc) is 2.23. The third kappa shape index (κ3) is 2.27. The van der Waals surface area contributed by atoms with E-state index < -0.39 is 0 Å². The van der Waals surface area contributed by atoms with E-state index in [1.807, 2.05) is 6.07 Å². The average molecular weight is 225 g/mol. The van der Waals surface area contributed by atoms with Crippen molar-refractivity contribution in [3.63, 3.8) is 0 Å². The maximum Gasteiger partial charge on any atom is 0.167 e. The molecule has 0 atom stereocenters. The molecule has 0 aromatic heterocycles. The highest BCUT2D eigenvalue weighted by Crippen LogP contribution is 2.28. The van der Waals surface area contributed by atoms with Gasteiger partial charge < -0.3 is 14.8 Å². The Morgan fingerprint density at radius 2 is 2.06 bits per heavy atom. The van der Waals surface area contributed by atoms with Crippen molar-refractivity contribution in [2.24, 2.45) is 0 Å². The molecule has 0 aliphatic heterocycles. The summed E-state index contributed by atoms with van der Waals surface area (Å²) < 4.78 is 23.4. The van der Waals surface area contributed by atoms with Crippen molar-refractivity contribution < 1.29 is 13.9 Å². The largest absolute Gasteiger partial charge is 0.494 e. The van der Waals surface area contributed by atoms with Gasteiger partial charge in [-0.3, -0.25) is 0 Å². The second kappa shape index (κ2) is 4.70. The molecule has 3 nitrogen and oxygen atoms in total. The van der Waals surface area contributed by atoms with Crippen LogP contribution in [0.15, 0.2) is 18.2 Å². The zero-order valence-corrected chi connectivity index (χ0v) is 9.50. The Hall–Kier alpha value is -1.29. The highest BCUT2D eigenvalue weighted by Gasteiger charge is 2.28. The van der Waals surface area contributed by atoms with Gasteiger partial charge in [-0.05, 0) is 25.0 Å². The van der Waals surface area contributed by atoms with E-state index in [-0.39, 0.29) is 11.6 Å². The van der Waals surface area contributed by atoms with Crippen molar-refractivity contribution in [3.8, 4) is 5.75 Å². The summed E-state index contributed by atoms with van der Waals surface area (Å²) >= 11 is 0. The predicted molar refractivity (Wildman–Crippen MR) is 60.4 cm³/mol. The molecule has 0 unspecified atom stereocenters. The van der Waals surface area contributed by atoms with Crippen LogP contribution in [0.25, 0.3) is 0 Å². The highest BCUT2D eigenvalue weighted by atomic mass is 19.1. The van der Waals surface area contributed by atoms with Crippen molar-refractivity contribution in [2.45, 2.75) is 25.0 Å². The SMILES string of the molecule is COc1ccc(NC2CC(OC)C2)cc1F. The molecule has 1 aliphatic carbocycles. The first kappa shape index (κ1) is 11.2. The van der Waals surface area contributed by atoms with Crippen molar-refractivity contribution in [2.75, 3.05) is 19.5 Å². The first-order chi connectivity index (χ1) is 7.72. The van der Waals surface area contributed by atoms with Gasteiger partial charge in [0.2, 0.25) is 0 Å². The molecule has 2 rings (SSSR count). The number of ether oxygens (including phenoxy) is 2. The van der Waals surface area contributed by atoms with Gasteiger partial charge in [0.05, 0.1) is 13.2 Å². The van der Waals surface area contributed by atoms with E-state index in [0.29, 0.717) is 12.1 Å². The minimum absolute atomic E-state index is 0.272. The van der Waals surface area contributed by atoms with Crippen LogP contribution in [0.3, 0.4) is 0 Å². The van der Waals surface area contributed by atoms with Crippen LogP contribution < -0.4 is 10.1 Å². The summed E-state index contributed by atoms with van der Waals surface area (Å²) in [5.74, 6) is -0.0657. The molecule has 4 heteroatoms. The summed E-state index contributed by atoms with van der Waals surface area (Å²) in [6.45, 7) is 0. The van der Waals surface area contributed by atoms with Gasteiger partial charge in [0.25, 0.3) is 0 Å². The lowest BCUT2D eigenvalue weighted by atomic mass is 9.89. The number of hydrogen-bond acceptors (Lipinski definition) is 3. The normalized spacial score (nSPS) is 23.7. The second-order valence-corrected chi connectivity index (χ2v) is 4.02. The molecule has 1 aromatic carbocycles. The summed E-state index contributed by atoms with van der Waals surface area (Å²) in [4.78, 5) is 0. The minimum atomic E-state index is -0.338. The maximum atomic E-state index is 13.4. The Morgan fingerprint density at radius 3 is 2.62 bits per heavy atom. The van der Waals surface area contributed by atoms with Crippen LogP contribution in [-0.2, 0) is 4.74 Å². The first-order valence-corrected chi connectivity index (χ1v) is 5.36. The summed E-state index contributed by atoms with van der Waals surface area (Å²) in [6, 6.07) is 5.29. The molecule has 0 heterocycles. The van der Waals surface area contributed by atoms with Gasteiger partial charge in [-0.25, -0.2) is 4.39 Å². The van der Waals surface area contributed by atoms with Crippen LogP contribution in [0, 0.1) is 5.82 Å². The second-order valence-electron chi connectivity index (χ2n) is 4.02. The maximum absolute atomic E-state index is 13.4. The lowest BCUT2D eigenvalue weighted by Crippen LogP contribution is -2.40. The van der Waals surface area contributed by atoms with Gasteiger partial charge in [-0.15, -0.1) is 0 Å². The molecule has 88 valence electrons. The van der Waals surface area contributed by atoms with Crippen LogP contribution in [0.4, 0.5) is 10.1 Å². The molecule has 0 radical (unpaired) electrons. The fraction of sp³-hybridized carbons (Fsp3) is 0.500. The van der Waals surface area contributed by atoms with E-state index >= 15 is 0 Å². The molecular weight excluding hydrogens is 209 g/mol. The summed E-state index contributed by atoms with van der Waals surface area (Å²) in [6.07, 6.45) is 2.30. The zero-order valence-electron chi connectivity index (χ0n) is 9.50. The minimum Gasteiger partial charge on any atom is -0.494 e. The Kier molecular flexibility index (Phi) is 3.29. The van der Waals surface area contributed by atoms with Gasteiger partial charge >= 0.3 is 0 Å². The third-order valence-electron chi connectivity index (χ3n) is 2.95. The van der Waals surface area contributed by atoms with Gasteiger partial charge in [0.1, 0.15) is 0 Å². The lowest BCUT2D eigenvalue weighted by molar-refractivity contribution is 0.0328. The number of anilines is 1. The van der Waals surface area contributed by atoms with E-state index in [9.17, 15) is 4.39 Å². The fourth-order valence-corrected chi connectivity index (χ4v) is 1.87. The number of nitrogens with one attached hydrogen (secondary N) is 1. The standard InChI is InChI=1S/C12H16FNO2/c1-15-10-5-9(6-10)14-8-3-4-12(16-2)11(13)7-8/h3-4,7,9-10,14H,5-6H2,1-2H3. The summed E-state index contributed by atoms with van der Waals surface area (Å²) in [5, 5.41) is 3.26. The number of methoxy groups -OCH3 is 2. The van der Waals surface area contributed by atoms with Crippen LogP contribution in [-0.4, -0.2) is 26.4 Å². The van der Waals surface area contributed by atoms with Gasteiger partial charge in [0, 0.05) is 24.9 Å². The number of hydrogen-bond donors (Lipinski definition) is 1. The van der Waals surface area contributed by atoms with Crippen molar-refractivity contribution in [1.29, 1.82) is 0 Å². The molecule has 0 spiro atoms. The Bertz CT molecular complexity index is 364. The fourth-order valence-electron chi connectivity index (χ4n) is 1.87. The van der Waals surface area contributed by atoms with E-state index in [2.05, 4.69) is 5.32 Å². The van der Waals surface area contributed by atoms with Gasteiger partial charge in [-0.1, -0.05) is 0 Å². The van der Waals surface area contributed by atoms with Gasteiger partial charge in [-0.2, -0.15) is 0 Å². The molecule has 1 fully saturated rings. The first-order valence-electron chi connectivity index (χ1n) is 5.36. The van der Waals surface area contributed by atoms with E-state index in [1.165, 1.54) is 13.2 Å². The van der Waals surface area contributed by atoms with E-state index in [4.69, 9.17) is 9.47 Å². The number of halogens is 1. The highest BCUT2D eigenvalue weighted by molar-refractivity contribution is 5.48. The molecule has 0 saturated heterocycles. The number of rotatable bonds is 4. The lowest BCUT2D eigenvalue weighted by Gasteiger charge is -2.35. The predicted octanol–water partition coefficient (Wildman–Crippen LogP) is 2.42. The Balaban J connectivity index is 1.93. The molecule has 1 saturated carbocycles. The zero-order chi connectivity index (χ0) is 11.5. The number of benzene rings is 1. The van der Waals surface area contributed by atoms with Crippen LogP contribution in [0.5, 0.6) is 5.75 Å². The van der Waals surface area contributed by atoms with Crippen LogP contribution >= 0.6 is 0 Å². The molecule has 1 aromatic rings. The molecule has 1 N–H and O–H groups in total. The smallest absolute Gasteiger partial charge is 0.167 e. The summed E-state index contributed by atoms with van der Waals surface area (Å²) in [7, 11) is 3.18. The van der Waals surface area contributed by atoms with Crippen molar-refractivity contribution >= 4 is 5.69 Å². The topological polar surface area (TPSA) is 30.5 Å². The molecule has 16 heavy (non-hydrogen) atoms. The molecular formula is C12H16FNO2. The monoisotopic (exact) mass is 225 g/mol. The van der Waals surface area contributed by atoms with E-state index in [0.717, 1.165) is 18.5 Å². The molecule has 0 amide bonds. The molecule has 0 bridgehead atoms.